The van der Waals surface area contributed by atoms with E-state index in [0.717, 1.165) is 5.56 Å². The fourth-order valence-corrected chi connectivity index (χ4v) is 3.87. The number of nitrogens with one attached hydrogen (secondary N) is 1. The molecule has 2 atom stereocenters. The van der Waals surface area contributed by atoms with Crippen LogP contribution in [0.4, 0.5) is 0 Å². The first-order chi connectivity index (χ1) is 16.7. The van der Waals surface area contributed by atoms with Gasteiger partial charge in [0.25, 0.3) is 17.7 Å². The van der Waals surface area contributed by atoms with Crippen molar-refractivity contribution >= 4 is 17.7 Å². The molecule has 3 rings (SSSR count). The molecule has 0 saturated carbocycles. The van der Waals surface area contributed by atoms with Crippen LogP contribution in [0.3, 0.4) is 0 Å². The molecule has 0 aliphatic carbocycles. The molecule has 10 nitrogen and oxygen atoms in total. The molecule has 0 spiro atoms. The lowest BCUT2D eigenvalue weighted by Gasteiger charge is -2.35. The van der Waals surface area contributed by atoms with Crippen molar-refractivity contribution in [1.82, 2.24) is 10.2 Å². The number of nitrogens with two attached hydrogens (primary N) is 1. The number of primary amides is 1. The molecule has 0 aromatic heterocycles. The van der Waals surface area contributed by atoms with Gasteiger partial charge in [-0.15, -0.1) is 0 Å². The Balaban J connectivity index is 1.65. The van der Waals surface area contributed by atoms with Gasteiger partial charge in [-0.25, -0.2) is 0 Å². The van der Waals surface area contributed by atoms with E-state index in [1.54, 1.807) is 17.0 Å². The molecule has 10 heteroatoms. The van der Waals surface area contributed by atoms with Crippen LogP contribution in [0.2, 0.25) is 0 Å². The van der Waals surface area contributed by atoms with Gasteiger partial charge in [-0.3, -0.25) is 14.4 Å². The van der Waals surface area contributed by atoms with Crippen molar-refractivity contribution in [3.63, 3.8) is 0 Å². The lowest BCUT2D eigenvalue weighted by atomic mass is 10.1. The number of hydrogen-bond donors (Lipinski definition) is 2. The van der Waals surface area contributed by atoms with Gasteiger partial charge in [-0.1, -0.05) is 12.1 Å². The number of rotatable bonds is 9. The highest BCUT2D eigenvalue weighted by atomic mass is 16.5. The quantitative estimate of drug-likeness (QED) is 0.553. The van der Waals surface area contributed by atoms with Gasteiger partial charge in [0.05, 0.1) is 26.4 Å². The van der Waals surface area contributed by atoms with Crippen LogP contribution < -0.4 is 25.3 Å². The lowest BCUT2D eigenvalue weighted by molar-refractivity contribution is -0.120. The normalized spacial score (nSPS) is 17.4. The van der Waals surface area contributed by atoms with Gasteiger partial charge in [0.2, 0.25) is 5.75 Å². The molecule has 3 amide bonds. The highest BCUT2D eigenvalue weighted by molar-refractivity contribution is 5.96. The number of ether oxygens (including phenoxy) is 4. The second-order valence-corrected chi connectivity index (χ2v) is 8.31. The zero-order valence-corrected chi connectivity index (χ0v) is 20.3. The van der Waals surface area contributed by atoms with Crippen molar-refractivity contribution < 1.29 is 33.3 Å². The monoisotopic (exact) mass is 485 g/mol. The Morgan fingerprint density at radius 2 is 1.57 bits per heavy atom. The van der Waals surface area contributed by atoms with E-state index in [-0.39, 0.29) is 60.0 Å². The van der Waals surface area contributed by atoms with Crippen LogP contribution in [0, 0.1) is 0 Å². The van der Waals surface area contributed by atoms with Gasteiger partial charge in [0.15, 0.2) is 18.1 Å². The molecule has 2 aromatic rings. The molecule has 1 fully saturated rings. The molecule has 0 bridgehead atoms. The maximum Gasteiger partial charge on any atom is 0.255 e. The molecular weight excluding hydrogens is 454 g/mol. The molecule has 2 unspecified atom stereocenters. The second kappa shape index (κ2) is 11.6. The SMILES string of the molecule is COc1cc(C(=O)NCc2ccc(C(=O)N3CC(C)OC(C)C3)cc2)cc(OC)c1OCC(N)=O. The van der Waals surface area contributed by atoms with E-state index in [9.17, 15) is 14.4 Å². The smallest absolute Gasteiger partial charge is 0.255 e. The largest absolute Gasteiger partial charge is 0.493 e. The van der Waals surface area contributed by atoms with Crippen LogP contribution in [-0.4, -0.2) is 68.7 Å². The number of nitrogens with zero attached hydrogens (tertiary/aromatic N) is 1. The van der Waals surface area contributed by atoms with Crippen LogP contribution >= 0.6 is 0 Å². The molecule has 1 saturated heterocycles. The van der Waals surface area contributed by atoms with Crippen molar-refractivity contribution in [1.29, 1.82) is 0 Å². The summed E-state index contributed by atoms with van der Waals surface area (Å²) in [6.45, 7) is 4.91. The van der Waals surface area contributed by atoms with Gasteiger partial charge in [0.1, 0.15) is 0 Å². The molecule has 0 radical (unpaired) electrons. The standard InChI is InChI=1S/C25H31N3O7/c1-15-12-28(13-16(2)35-15)25(31)18-7-5-17(6-8-18)11-27-24(30)19-9-20(32-3)23(21(10-19)33-4)34-14-22(26)29/h5-10,15-16H,11-14H2,1-4H3,(H2,26,29)(H,27,30). The van der Waals surface area contributed by atoms with E-state index in [2.05, 4.69) is 5.32 Å². The summed E-state index contributed by atoms with van der Waals surface area (Å²) in [5.41, 5.74) is 6.84. The summed E-state index contributed by atoms with van der Waals surface area (Å²) in [4.78, 5) is 38.4. The number of amides is 3. The summed E-state index contributed by atoms with van der Waals surface area (Å²) in [6.07, 6.45) is -0.00330. The highest BCUT2D eigenvalue weighted by Crippen LogP contribution is 2.38. The zero-order valence-electron chi connectivity index (χ0n) is 20.3. The van der Waals surface area contributed by atoms with Crippen LogP contribution in [0.1, 0.15) is 40.1 Å². The number of hydrogen-bond acceptors (Lipinski definition) is 7. The molecule has 3 N–H and O–H groups in total. The van der Waals surface area contributed by atoms with Gasteiger partial charge in [-0.05, 0) is 43.7 Å². The Bertz CT molecular complexity index is 1040. The maximum atomic E-state index is 12.8. The van der Waals surface area contributed by atoms with Gasteiger partial charge >= 0.3 is 0 Å². The number of carbonyl (C=O) groups excluding carboxylic acids is 3. The predicted octanol–water partition coefficient (Wildman–Crippen LogP) is 1.75. The maximum absolute atomic E-state index is 12.8. The van der Waals surface area contributed by atoms with E-state index >= 15 is 0 Å². The fourth-order valence-electron chi connectivity index (χ4n) is 3.87. The van der Waals surface area contributed by atoms with Gasteiger partial charge < -0.3 is 34.9 Å². The minimum atomic E-state index is -0.655. The zero-order chi connectivity index (χ0) is 25.5. The topological polar surface area (TPSA) is 129 Å². The lowest BCUT2D eigenvalue weighted by Crippen LogP contribution is -2.48. The van der Waals surface area contributed by atoms with Crippen molar-refractivity contribution in [3.05, 3.63) is 53.1 Å². The Labute approximate surface area is 204 Å². The molecule has 1 aliphatic heterocycles. The summed E-state index contributed by atoms with van der Waals surface area (Å²) in [5.74, 6) is -0.428. The minimum absolute atomic E-state index is 0.00165. The van der Waals surface area contributed by atoms with Crippen LogP contribution in [-0.2, 0) is 16.1 Å². The van der Waals surface area contributed by atoms with E-state index < -0.39 is 5.91 Å². The number of methoxy groups -OCH3 is 2. The number of benzene rings is 2. The van der Waals surface area contributed by atoms with Crippen LogP contribution in [0.15, 0.2) is 36.4 Å². The number of morpholine rings is 1. The first-order valence-corrected chi connectivity index (χ1v) is 11.2. The molecule has 35 heavy (non-hydrogen) atoms. The summed E-state index contributed by atoms with van der Waals surface area (Å²) in [5, 5.41) is 2.83. The van der Waals surface area contributed by atoms with Gasteiger partial charge in [-0.2, -0.15) is 0 Å². The Morgan fingerprint density at radius 3 is 2.09 bits per heavy atom. The Hall–Kier alpha value is -3.79. The summed E-state index contributed by atoms with van der Waals surface area (Å²) in [6, 6.07) is 10.1. The highest BCUT2D eigenvalue weighted by Gasteiger charge is 2.26. The van der Waals surface area contributed by atoms with Crippen LogP contribution in [0.25, 0.3) is 0 Å². The third kappa shape index (κ3) is 6.63. The first kappa shape index (κ1) is 25.8. The van der Waals surface area contributed by atoms with E-state index in [1.807, 2.05) is 26.0 Å². The third-order valence-electron chi connectivity index (χ3n) is 5.44. The average Bonchev–Trinajstić information content (AvgIpc) is 2.84. The average molecular weight is 486 g/mol. The number of carbonyl (C=O) groups is 3. The Kier molecular flexibility index (Phi) is 8.53. The second-order valence-electron chi connectivity index (χ2n) is 8.31. The van der Waals surface area contributed by atoms with Gasteiger partial charge in [0, 0.05) is 30.8 Å². The molecule has 1 aliphatic rings. The van der Waals surface area contributed by atoms with Crippen molar-refractivity contribution in [3.8, 4) is 17.2 Å². The van der Waals surface area contributed by atoms with Crippen LogP contribution in [0.5, 0.6) is 17.2 Å². The minimum Gasteiger partial charge on any atom is -0.493 e. The van der Waals surface area contributed by atoms with Crippen molar-refractivity contribution in [2.45, 2.75) is 32.6 Å². The molecule has 1 heterocycles. The van der Waals surface area contributed by atoms with E-state index in [1.165, 1.54) is 26.4 Å². The van der Waals surface area contributed by atoms with Crippen molar-refractivity contribution in [2.75, 3.05) is 33.9 Å². The predicted molar refractivity (Wildman–Crippen MR) is 128 cm³/mol. The summed E-state index contributed by atoms with van der Waals surface area (Å²) >= 11 is 0. The Morgan fingerprint density at radius 1 is 1.00 bits per heavy atom. The molecular formula is C25H31N3O7. The fraction of sp³-hybridized carbons (Fsp3) is 0.400. The first-order valence-electron chi connectivity index (χ1n) is 11.2. The van der Waals surface area contributed by atoms with Crippen molar-refractivity contribution in [2.24, 2.45) is 5.73 Å². The van der Waals surface area contributed by atoms with E-state index in [0.29, 0.717) is 18.7 Å². The summed E-state index contributed by atoms with van der Waals surface area (Å²) < 4.78 is 21.6. The molecule has 2 aromatic carbocycles. The molecule has 188 valence electrons. The van der Waals surface area contributed by atoms with E-state index in [4.69, 9.17) is 24.7 Å². The third-order valence-corrected chi connectivity index (χ3v) is 5.44. The summed E-state index contributed by atoms with van der Waals surface area (Å²) in [7, 11) is 2.82.